The van der Waals surface area contributed by atoms with Crippen molar-refractivity contribution in [2.24, 2.45) is 0 Å². The fourth-order valence-corrected chi connectivity index (χ4v) is 2.03. The molecule has 19 heavy (non-hydrogen) atoms. The molecule has 0 saturated carbocycles. The molecule has 2 nitrogen and oxygen atoms in total. The SMILES string of the molecule is CC(O)(COc1cc(Br)ccc1F)c1ccccc1. The molecule has 2 aromatic carbocycles. The van der Waals surface area contributed by atoms with Crippen LogP contribution in [0.25, 0.3) is 0 Å². The number of aliphatic hydroxyl groups is 1. The highest BCUT2D eigenvalue weighted by atomic mass is 79.9. The zero-order chi connectivity index (χ0) is 13.9. The van der Waals surface area contributed by atoms with Gasteiger partial charge in [0, 0.05) is 4.47 Å². The summed E-state index contributed by atoms with van der Waals surface area (Å²) >= 11 is 3.25. The number of hydrogen-bond donors (Lipinski definition) is 1. The largest absolute Gasteiger partial charge is 0.487 e. The fourth-order valence-electron chi connectivity index (χ4n) is 1.69. The fraction of sp³-hybridized carbons (Fsp3) is 0.200. The second-order valence-electron chi connectivity index (χ2n) is 4.50. The third-order valence-corrected chi connectivity index (χ3v) is 3.29. The first-order valence-electron chi connectivity index (χ1n) is 5.85. The Labute approximate surface area is 120 Å². The Kier molecular flexibility index (Phi) is 4.22. The third kappa shape index (κ3) is 3.55. The summed E-state index contributed by atoms with van der Waals surface area (Å²) in [7, 11) is 0. The van der Waals surface area contributed by atoms with Crippen LogP contribution < -0.4 is 4.74 Å². The molecule has 0 heterocycles. The summed E-state index contributed by atoms with van der Waals surface area (Å²) in [5.74, 6) is -0.336. The van der Waals surface area contributed by atoms with E-state index in [4.69, 9.17) is 4.74 Å². The van der Waals surface area contributed by atoms with Crippen molar-refractivity contribution in [1.82, 2.24) is 0 Å². The van der Waals surface area contributed by atoms with E-state index < -0.39 is 11.4 Å². The van der Waals surface area contributed by atoms with Gasteiger partial charge >= 0.3 is 0 Å². The Hall–Kier alpha value is -1.39. The number of halogens is 2. The zero-order valence-electron chi connectivity index (χ0n) is 10.4. The Morgan fingerprint density at radius 3 is 2.58 bits per heavy atom. The topological polar surface area (TPSA) is 29.5 Å². The molecule has 0 spiro atoms. The summed E-state index contributed by atoms with van der Waals surface area (Å²) in [4.78, 5) is 0. The molecule has 0 bridgehead atoms. The predicted octanol–water partition coefficient (Wildman–Crippen LogP) is 3.87. The van der Waals surface area contributed by atoms with E-state index in [9.17, 15) is 9.50 Å². The quantitative estimate of drug-likeness (QED) is 0.924. The van der Waals surface area contributed by atoms with Crippen LogP contribution in [0.4, 0.5) is 4.39 Å². The van der Waals surface area contributed by atoms with Crippen molar-refractivity contribution >= 4 is 15.9 Å². The molecule has 100 valence electrons. The maximum atomic E-state index is 13.5. The molecular formula is C15H14BrFO2. The van der Waals surface area contributed by atoms with Gasteiger partial charge in [-0.25, -0.2) is 4.39 Å². The van der Waals surface area contributed by atoms with Crippen LogP contribution in [0.1, 0.15) is 12.5 Å². The molecule has 0 aliphatic rings. The highest BCUT2D eigenvalue weighted by Crippen LogP contribution is 2.26. The third-order valence-electron chi connectivity index (χ3n) is 2.80. The lowest BCUT2D eigenvalue weighted by Gasteiger charge is -2.24. The molecule has 0 aliphatic heterocycles. The lowest BCUT2D eigenvalue weighted by molar-refractivity contribution is 0.00641. The van der Waals surface area contributed by atoms with Crippen LogP contribution in [0.5, 0.6) is 5.75 Å². The predicted molar refractivity (Wildman–Crippen MR) is 75.6 cm³/mol. The van der Waals surface area contributed by atoms with Crippen LogP contribution in [0.2, 0.25) is 0 Å². The van der Waals surface area contributed by atoms with Crippen LogP contribution in [0.15, 0.2) is 53.0 Å². The van der Waals surface area contributed by atoms with E-state index >= 15 is 0 Å². The summed E-state index contributed by atoms with van der Waals surface area (Å²) in [6.45, 7) is 1.61. The average Bonchev–Trinajstić information content (AvgIpc) is 2.41. The van der Waals surface area contributed by atoms with Crippen molar-refractivity contribution in [1.29, 1.82) is 0 Å². The van der Waals surface area contributed by atoms with E-state index in [-0.39, 0.29) is 12.4 Å². The van der Waals surface area contributed by atoms with E-state index in [0.717, 1.165) is 10.0 Å². The van der Waals surface area contributed by atoms with Crippen LogP contribution in [-0.4, -0.2) is 11.7 Å². The van der Waals surface area contributed by atoms with Gasteiger partial charge in [-0.3, -0.25) is 0 Å². The molecule has 1 N–H and O–H groups in total. The van der Waals surface area contributed by atoms with E-state index in [2.05, 4.69) is 15.9 Å². The van der Waals surface area contributed by atoms with Crippen LogP contribution in [0, 0.1) is 5.82 Å². The second kappa shape index (κ2) is 5.72. The van der Waals surface area contributed by atoms with Gasteiger partial charge in [-0.2, -0.15) is 0 Å². The summed E-state index contributed by atoms with van der Waals surface area (Å²) < 4.78 is 19.6. The minimum atomic E-state index is -1.17. The summed E-state index contributed by atoms with van der Waals surface area (Å²) in [6.07, 6.45) is 0. The van der Waals surface area contributed by atoms with Crippen molar-refractivity contribution < 1.29 is 14.2 Å². The molecule has 2 rings (SSSR count). The molecule has 1 atom stereocenters. The molecule has 4 heteroatoms. The average molecular weight is 325 g/mol. The number of rotatable bonds is 4. The van der Waals surface area contributed by atoms with Gasteiger partial charge in [0.25, 0.3) is 0 Å². The van der Waals surface area contributed by atoms with Gasteiger partial charge in [0.05, 0.1) is 0 Å². The normalized spacial score (nSPS) is 13.9. The van der Waals surface area contributed by atoms with Crippen LogP contribution >= 0.6 is 15.9 Å². The van der Waals surface area contributed by atoms with Gasteiger partial charge < -0.3 is 9.84 Å². The van der Waals surface area contributed by atoms with Crippen molar-refractivity contribution in [3.63, 3.8) is 0 Å². The molecule has 2 aromatic rings. The smallest absolute Gasteiger partial charge is 0.165 e. The summed E-state index contributed by atoms with van der Waals surface area (Å²) in [5, 5.41) is 10.3. The van der Waals surface area contributed by atoms with Crippen molar-refractivity contribution in [3.8, 4) is 5.75 Å². The standard InChI is InChI=1S/C15H14BrFO2/c1-15(18,11-5-3-2-4-6-11)10-19-14-9-12(16)7-8-13(14)17/h2-9,18H,10H2,1H3. The van der Waals surface area contributed by atoms with Crippen molar-refractivity contribution in [2.45, 2.75) is 12.5 Å². The van der Waals surface area contributed by atoms with E-state index in [1.807, 2.05) is 18.2 Å². The van der Waals surface area contributed by atoms with E-state index in [1.54, 1.807) is 25.1 Å². The van der Waals surface area contributed by atoms with Crippen LogP contribution in [0.3, 0.4) is 0 Å². The first-order valence-corrected chi connectivity index (χ1v) is 6.64. The van der Waals surface area contributed by atoms with E-state index in [1.165, 1.54) is 12.1 Å². The van der Waals surface area contributed by atoms with Gasteiger partial charge in [0.15, 0.2) is 11.6 Å². The highest BCUT2D eigenvalue weighted by molar-refractivity contribution is 9.10. The molecule has 0 saturated heterocycles. The van der Waals surface area contributed by atoms with Crippen molar-refractivity contribution in [3.05, 3.63) is 64.4 Å². The van der Waals surface area contributed by atoms with Gasteiger partial charge in [-0.1, -0.05) is 46.3 Å². The lowest BCUT2D eigenvalue weighted by Crippen LogP contribution is -2.29. The Balaban J connectivity index is 2.12. The first-order chi connectivity index (χ1) is 8.99. The molecule has 0 radical (unpaired) electrons. The Morgan fingerprint density at radius 1 is 1.21 bits per heavy atom. The molecule has 0 fully saturated rings. The highest BCUT2D eigenvalue weighted by Gasteiger charge is 2.24. The number of hydrogen-bond acceptors (Lipinski definition) is 2. The van der Waals surface area contributed by atoms with Gasteiger partial charge in [-0.15, -0.1) is 0 Å². The molecule has 0 aliphatic carbocycles. The van der Waals surface area contributed by atoms with Crippen molar-refractivity contribution in [2.75, 3.05) is 6.61 Å². The lowest BCUT2D eigenvalue weighted by atomic mass is 9.97. The number of benzene rings is 2. The monoisotopic (exact) mass is 324 g/mol. The minimum Gasteiger partial charge on any atom is -0.487 e. The number of ether oxygens (including phenoxy) is 1. The maximum absolute atomic E-state index is 13.5. The molecule has 1 unspecified atom stereocenters. The Bertz CT molecular complexity index is 555. The van der Waals surface area contributed by atoms with Crippen LogP contribution in [-0.2, 0) is 5.60 Å². The van der Waals surface area contributed by atoms with Gasteiger partial charge in [0.1, 0.15) is 12.2 Å². The van der Waals surface area contributed by atoms with E-state index in [0.29, 0.717) is 0 Å². The van der Waals surface area contributed by atoms with Gasteiger partial charge in [-0.05, 0) is 30.7 Å². The summed E-state index contributed by atoms with van der Waals surface area (Å²) in [6, 6.07) is 13.6. The minimum absolute atomic E-state index is 0.0234. The zero-order valence-corrected chi connectivity index (χ0v) is 12.0. The molecule has 0 aromatic heterocycles. The summed E-state index contributed by atoms with van der Waals surface area (Å²) in [5.41, 5.74) is -0.443. The Morgan fingerprint density at radius 2 is 1.89 bits per heavy atom. The molecule has 0 amide bonds. The first kappa shape index (κ1) is 14.0. The molecular weight excluding hydrogens is 311 g/mol. The van der Waals surface area contributed by atoms with Gasteiger partial charge in [0.2, 0.25) is 0 Å². The second-order valence-corrected chi connectivity index (χ2v) is 5.42. The maximum Gasteiger partial charge on any atom is 0.165 e.